The number of nitrogens with one attached hydrogen (secondary N) is 3. The second-order valence-corrected chi connectivity index (χ2v) is 6.15. The highest BCUT2D eigenvalue weighted by Crippen LogP contribution is 2.24. The molecule has 0 amide bonds. The van der Waals surface area contributed by atoms with Crippen molar-refractivity contribution in [1.29, 1.82) is 5.26 Å². The van der Waals surface area contributed by atoms with Crippen LogP contribution in [0.4, 0.5) is 29.2 Å². The summed E-state index contributed by atoms with van der Waals surface area (Å²) in [6, 6.07) is 14.4. The third kappa shape index (κ3) is 4.78. The number of rotatable bonds is 7. The Morgan fingerprint density at radius 2 is 1.57 bits per heavy atom. The molecule has 0 bridgehead atoms. The lowest BCUT2D eigenvalue weighted by Gasteiger charge is -2.12. The van der Waals surface area contributed by atoms with Gasteiger partial charge in [0.05, 0.1) is 11.6 Å². The number of anilines is 5. The summed E-state index contributed by atoms with van der Waals surface area (Å²) in [5.74, 6) is 1.02. The van der Waals surface area contributed by atoms with Gasteiger partial charge in [-0.1, -0.05) is 12.1 Å². The Balaban J connectivity index is 1.87. The van der Waals surface area contributed by atoms with Gasteiger partial charge in [-0.25, -0.2) is 5.48 Å². The molecule has 1 heterocycles. The van der Waals surface area contributed by atoms with E-state index < -0.39 is 0 Å². The second kappa shape index (κ2) is 9.19. The molecule has 0 atom stereocenters. The summed E-state index contributed by atoms with van der Waals surface area (Å²) in [6.45, 7) is 0. The van der Waals surface area contributed by atoms with E-state index in [2.05, 4.69) is 31.7 Å². The summed E-state index contributed by atoms with van der Waals surface area (Å²) < 4.78 is 0. The van der Waals surface area contributed by atoms with Crippen LogP contribution < -0.4 is 16.1 Å². The first kappa shape index (κ1) is 19.6. The molecule has 0 fully saturated rings. The van der Waals surface area contributed by atoms with E-state index in [-0.39, 0.29) is 23.7 Å². The smallest absolute Gasteiger partial charge is 0.253 e. The Hall–Kier alpha value is -3.12. The average molecular weight is 416 g/mol. The third-order valence-corrected chi connectivity index (χ3v) is 4.32. The fourth-order valence-corrected chi connectivity index (χ4v) is 2.77. The summed E-state index contributed by atoms with van der Waals surface area (Å²) >= 11 is 11.9. The lowest BCUT2D eigenvalue weighted by molar-refractivity contribution is 0.382. The van der Waals surface area contributed by atoms with Crippen molar-refractivity contribution in [3.05, 3.63) is 59.2 Å². The first-order chi connectivity index (χ1) is 13.6. The van der Waals surface area contributed by atoms with Gasteiger partial charge >= 0.3 is 0 Å². The Morgan fingerprint density at radius 3 is 2.18 bits per heavy atom. The maximum Gasteiger partial charge on any atom is 0.253 e. The SMILES string of the molecule is N#Cc1ccc(Nc2nc(NO)nc(Nc3ccc(CCl)cc3CCl)n2)cc1. The Labute approximate surface area is 171 Å². The van der Waals surface area contributed by atoms with E-state index in [9.17, 15) is 5.21 Å². The largest absolute Gasteiger partial charge is 0.324 e. The van der Waals surface area contributed by atoms with Crippen molar-refractivity contribution in [2.45, 2.75) is 11.8 Å². The summed E-state index contributed by atoms with van der Waals surface area (Å²) in [4.78, 5) is 12.4. The van der Waals surface area contributed by atoms with Gasteiger partial charge in [-0.3, -0.25) is 5.21 Å². The number of hydrogen-bond donors (Lipinski definition) is 4. The van der Waals surface area contributed by atoms with Crippen LogP contribution in [0.15, 0.2) is 42.5 Å². The van der Waals surface area contributed by atoms with Crippen LogP contribution in [-0.2, 0) is 11.8 Å². The van der Waals surface area contributed by atoms with Crippen molar-refractivity contribution in [3.63, 3.8) is 0 Å². The summed E-state index contributed by atoms with van der Waals surface area (Å²) in [7, 11) is 0. The van der Waals surface area contributed by atoms with Crippen molar-refractivity contribution < 1.29 is 5.21 Å². The molecule has 28 heavy (non-hydrogen) atoms. The van der Waals surface area contributed by atoms with E-state index in [1.165, 1.54) is 0 Å². The monoisotopic (exact) mass is 415 g/mol. The van der Waals surface area contributed by atoms with Crippen LogP contribution in [0.5, 0.6) is 0 Å². The highest BCUT2D eigenvalue weighted by molar-refractivity contribution is 6.18. The number of nitrogens with zero attached hydrogens (tertiary/aromatic N) is 4. The van der Waals surface area contributed by atoms with E-state index in [1.807, 2.05) is 23.7 Å². The number of halogens is 2. The molecular weight excluding hydrogens is 401 g/mol. The zero-order chi connectivity index (χ0) is 19.9. The molecule has 0 saturated heterocycles. The third-order valence-electron chi connectivity index (χ3n) is 3.72. The lowest BCUT2D eigenvalue weighted by Crippen LogP contribution is -2.08. The highest BCUT2D eigenvalue weighted by Gasteiger charge is 2.10. The number of hydrogen-bond acceptors (Lipinski definition) is 8. The minimum Gasteiger partial charge on any atom is -0.324 e. The van der Waals surface area contributed by atoms with Crippen LogP contribution in [0, 0.1) is 11.3 Å². The Morgan fingerprint density at radius 1 is 0.893 bits per heavy atom. The van der Waals surface area contributed by atoms with Gasteiger partial charge in [-0.05, 0) is 41.5 Å². The predicted octanol–water partition coefficient (Wildman–Crippen LogP) is 4.51. The molecule has 0 aliphatic rings. The molecule has 0 aliphatic heterocycles. The van der Waals surface area contributed by atoms with Crippen LogP contribution in [0.3, 0.4) is 0 Å². The Kier molecular flexibility index (Phi) is 6.45. The van der Waals surface area contributed by atoms with E-state index in [4.69, 9.17) is 28.5 Å². The maximum absolute atomic E-state index is 9.23. The molecule has 2 aromatic carbocycles. The van der Waals surface area contributed by atoms with Gasteiger partial charge in [0, 0.05) is 23.1 Å². The number of alkyl halides is 2. The van der Waals surface area contributed by atoms with Gasteiger partial charge in [0.2, 0.25) is 11.9 Å². The summed E-state index contributed by atoms with van der Waals surface area (Å²) in [5.41, 5.74) is 5.62. The minimum absolute atomic E-state index is 0.0431. The highest BCUT2D eigenvalue weighted by atomic mass is 35.5. The molecule has 0 spiro atoms. The van der Waals surface area contributed by atoms with Crippen molar-refractivity contribution in [3.8, 4) is 6.07 Å². The molecule has 0 unspecified atom stereocenters. The predicted molar refractivity (Wildman–Crippen MR) is 109 cm³/mol. The molecule has 0 radical (unpaired) electrons. The zero-order valence-corrected chi connectivity index (χ0v) is 16.0. The van der Waals surface area contributed by atoms with Gasteiger partial charge in [0.15, 0.2) is 0 Å². The minimum atomic E-state index is -0.0431. The lowest BCUT2D eigenvalue weighted by atomic mass is 10.1. The Bertz CT molecular complexity index is 1010. The number of nitriles is 1. The normalized spacial score (nSPS) is 10.2. The van der Waals surface area contributed by atoms with Gasteiger partial charge in [0.1, 0.15) is 0 Å². The van der Waals surface area contributed by atoms with E-state index in [0.717, 1.165) is 11.1 Å². The van der Waals surface area contributed by atoms with Crippen LogP contribution in [0.25, 0.3) is 0 Å². The average Bonchev–Trinajstić information content (AvgIpc) is 2.74. The van der Waals surface area contributed by atoms with E-state index in [0.29, 0.717) is 22.8 Å². The summed E-state index contributed by atoms with van der Waals surface area (Å²) in [5, 5.41) is 24.2. The van der Waals surface area contributed by atoms with Crippen molar-refractivity contribution >= 4 is 52.4 Å². The molecule has 10 heteroatoms. The number of benzene rings is 2. The molecule has 8 nitrogen and oxygen atoms in total. The van der Waals surface area contributed by atoms with Crippen LogP contribution in [-0.4, -0.2) is 20.2 Å². The van der Waals surface area contributed by atoms with Crippen LogP contribution >= 0.6 is 23.2 Å². The fraction of sp³-hybridized carbons (Fsp3) is 0.111. The first-order valence-corrected chi connectivity index (χ1v) is 9.16. The summed E-state index contributed by atoms with van der Waals surface area (Å²) in [6.07, 6.45) is 0. The number of aromatic nitrogens is 3. The quantitative estimate of drug-likeness (QED) is 0.328. The molecule has 0 saturated carbocycles. The maximum atomic E-state index is 9.23. The van der Waals surface area contributed by atoms with Gasteiger partial charge in [0.25, 0.3) is 5.95 Å². The standard InChI is InChI=1S/C18H15Cl2N7O/c19-8-12-3-6-15(13(7-12)9-20)23-17-24-16(25-18(26-17)27-28)22-14-4-1-11(10-21)2-5-14/h1-7,28H,8-9H2,(H3,22,23,24,25,26,27). The van der Waals surface area contributed by atoms with Crippen LogP contribution in [0.1, 0.15) is 16.7 Å². The molecular formula is C18H15Cl2N7O. The first-order valence-electron chi connectivity index (χ1n) is 8.09. The topological polar surface area (TPSA) is 119 Å². The van der Waals surface area contributed by atoms with Gasteiger partial charge in [-0.2, -0.15) is 20.2 Å². The van der Waals surface area contributed by atoms with E-state index in [1.54, 1.807) is 24.3 Å². The molecule has 3 aromatic rings. The zero-order valence-electron chi connectivity index (χ0n) is 14.4. The van der Waals surface area contributed by atoms with Gasteiger partial charge in [-0.15, -0.1) is 23.2 Å². The van der Waals surface area contributed by atoms with Crippen molar-refractivity contribution in [1.82, 2.24) is 15.0 Å². The molecule has 0 aliphatic carbocycles. The van der Waals surface area contributed by atoms with Crippen LogP contribution in [0.2, 0.25) is 0 Å². The van der Waals surface area contributed by atoms with Crippen molar-refractivity contribution in [2.75, 3.05) is 16.1 Å². The molecule has 142 valence electrons. The van der Waals surface area contributed by atoms with Gasteiger partial charge < -0.3 is 10.6 Å². The molecule has 3 rings (SSSR count). The molecule has 1 aromatic heterocycles. The molecule has 4 N–H and O–H groups in total. The second-order valence-electron chi connectivity index (χ2n) is 5.62. The fourth-order valence-electron chi connectivity index (χ4n) is 2.38. The van der Waals surface area contributed by atoms with E-state index >= 15 is 0 Å². The van der Waals surface area contributed by atoms with Crippen molar-refractivity contribution in [2.24, 2.45) is 0 Å².